The van der Waals surface area contributed by atoms with Gasteiger partial charge in [-0.05, 0) is 41.8 Å². The minimum atomic E-state index is -0.460. The minimum Gasteiger partial charge on any atom is -0.497 e. The van der Waals surface area contributed by atoms with Crippen LogP contribution in [-0.2, 0) is 6.42 Å². The van der Waals surface area contributed by atoms with E-state index in [0.717, 1.165) is 61.1 Å². The molecule has 0 spiro atoms. The van der Waals surface area contributed by atoms with Gasteiger partial charge >= 0.3 is 0 Å². The Bertz CT molecular complexity index is 864. The Balaban J connectivity index is 1.28. The quantitative estimate of drug-likeness (QED) is 0.879. The highest BCUT2D eigenvalue weighted by atomic mass is 16.6. The zero-order valence-corrected chi connectivity index (χ0v) is 16.1. The number of aliphatic hydroxyl groups is 1. The van der Waals surface area contributed by atoms with Gasteiger partial charge in [0.1, 0.15) is 19.0 Å². The van der Waals surface area contributed by atoms with Crippen LogP contribution >= 0.6 is 0 Å². The van der Waals surface area contributed by atoms with Gasteiger partial charge in [0.05, 0.1) is 18.9 Å². The molecule has 2 aliphatic heterocycles. The topological polar surface area (TPSA) is 54.4 Å². The third kappa shape index (κ3) is 2.97. The smallest absolute Gasteiger partial charge is 0.184 e. The summed E-state index contributed by atoms with van der Waals surface area (Å²) in [6.45, 7) is 4.84. The van der Waals surface area contributed by atoms with E-state index in [9.17, 15) is 5.11 Å². The van der Waals surface area contributed by atoms with Gasteiger partial charge in [-0.1, -0.05) is 12.1 Å². The SMILES string of the molecule is COc1ccc2c(c1)[C@@H](O)[C@H](N1CCN(c3cccc4c3OCCO4)CC1)C2. The summed E-state index contributed by atoms with van der Waals surface area (Å²) in [6, 6.07) is 12.3. The monoisotopic (exact) mass is 382 g/mol. The van der Waals surface area contributed by atoms with Crippen LogP contribution in [0, 0.1) is 0 Å². The van der Waals surface area contributed by atoms with Gasteiger partial charge in [0.2, 0.25) is 0 Å². The lowest BCUT2D eigenvalue weighted by atomic mass is 10.1. The number of hydrogen-bond acceptors (Lipinski definition) is 6. The lowest BCUT2D eigenvalue weighted by molar-refractivity contribution is 0.0570. The number of rotatable bonds is 3. The van der Waals surface area contributed by atoms with Crippen molar-refractivity contribution in [3.8, 4) is 17.2 Å². The zero-order chi connectivity index (χ0) is 19.1. The van der Waals surface area contributed by atoms with Crippen molar-refractivity contribution in [2.75, 3.05) is 51.4 Å². The van der Waals surface area contributed by atoms with E-state index in [4.69, 9.17) is 14.2 Å². The molecule has 3 aliphatic rings. The van der Waals surface area contributed by atoms with Crippen LogP contribution in [0.5, 0.6) is 17.2 Å². The molecule has 0 amide bonds. The minimum absolute atomic E-state index is 0.133. The van der Waals surface area contributed by atoms with Gasteiger partial charge in [0, 0.05) is 32.2 Å². The van der Waals surface area contributed by atoms with Gasteiger partial charge in [0.25, 0.3) is 0 Å². The van der Waals surface area contributed by atoms with Crippen molar-refractivity contribution in [2.24, 2.45) is 0 Å². The van der Waals surface area contributed by atoms with Crippen molar-refractivity contribution < 1.29 is 19.3 Å². The molecule has 0 radical (unpaired) electrons. The fraction of sp³-hybridized carbons (Fsp3) is 0.455. The second kappa shape index (κ2) is 7.18. The second-order valence-electron chi connectivity index (χ2n) is 7.61. The average molecular weight is 382 g/mol. The summed E-state index contributed by atoms with van der Waals surface area (Å²) in [4.78, 5) is 4.78. The van der Waals surface area contributed by atoms with Crippen LogP contribution in [0.25, 0.3) is 0 Å². The fourth-order valence-electron chi connectivity index (χ4n) is 4.64. The van der Waals surface area contributed by atoms with Gasteiger partial charge in [-0.15, -0.1) is 0 Å². The van der Waals surface area contributed by atoms with E-state index in [0.29, 0.717) is 13.2 Å². The zero-order valence-electron chi connectivity index (χ0n) is 16.1. The Kier molecular flexibility index (Phi) is 4.53. The Morgan fingerprint density at radius 1 is 1.04 bits per heavy atom. The van der Waals surface area contributed by atoms with Gasteiger partial charge in [-0.2, -0.15) is 0 Å². The van der Waals surface area contributed by atoms with Crippen LogP contribution in [0.4, 0.5) is 5.69 Å². The Morgan fingerprint density at radius 2 is 1.86 bits per heavy atom. The largest absolute Gasteiger partial charge is 0.497 e. The van der Waals surface area contributed by atoms with Crippen LogP contribution < -0.4 is 19.1 Å². The Labute approximate surface area is 165 Å². The number of aliphatic hydroxyl groups excluding tert-OH is 1. The lowest BCUT2D eigenvalue weighted by Crippen LogP contribution is -2.51. The predicted molar refractivity (Wildman–Crippen MR) is 107 cm³/mol. The van der Waals surface area contributed by atoms with Gasteiger partial charge in [-0.3, -0.25) is 4.90 Å². The number of para-hydroxylation sites is 1. The van der Waals surface area contributed by atoms with Crippen molar-refractivity contribution in [3.63, 3.8) is 0 Å². The van der Waals surface area contributed by atoms with Crippen molar-refractivity contribution in [1.29, 1.82) is 0 Å². The Morgan fingerprint density at radius 3 is 2.68 bits per heavy atom. The normalized spacial score (nSPS) is 24.1. The summed E-state index contributed by atoms with van der Waals surface area (Å²) in [5, 5.41) is 10.9. The number of anilines is 1. The molecule has 28 heavy (non-hydrogen) atoms. The van der Waals surface area contributed by atoms with Crippen molar-refractivity contribution >= 4 is 5.69 Å². The number of methoxy groups -OCH3 is 1. The number of hydrogen-bond donors (Lipinski definition) is 1. The highest BCUT2D eigenvalue weighted by Gasteiger charge is 2.37. The molecule has 2 heterocycles. The molecular formula is C22H26N2O4. The maximum Gasteiger partial charge on any atom is 0.184 e. The number of ether oxygens (including phenoxy) is 3. The molecule has 1 N–H and O–H groups in total. The summed E-state index contributed by atoms with van der Waals surface area (Å²) >= 11 is 0. The summed E-state index contributed by atoms with van der Waals surface area (Å²) in [6.07, 6.45) is 0.427. The number of benzene rings is 2. The van der Waals surface area contributed by atoms with E-state index in [1.165, 1.54) is 5.56 Å². The molecule has 6 heteroatoms. The van der Waals surface area contributed by atoms with Crippen LogP contribution in [0.2, 0.25) is 0 Å². The molecule has 0 unspecified atom stereocenters. The first kappa shape index (κ1) is 17.6. The molecule has 0 aromatic heterocycles. The van der Waals surface area contributed by atoms with E-state index in [2.05, 4.69) is 21.9 Å². The molecule has 2 aromatic carbocycles. The average Bonchev–Trinajstić information content (AvgIpc) is 3.09. The fourth-order valence-corrected chi connectivity index (χ4v) is 4.64. The molecule has 1 fully saturated rings. The van der Waals surface area contributed by atoms with Crippen molar-refractivity contribution in [2.45, 2.75) is 18.6 Å². The molecule has 0 saturated carbocycles. The van der Waals surface area contributed by atoms with Crippen LogP contribution in [-0.4, -0.2) is 62.6 Å². The Hall–Kier alpha value is -2.44. The van der Waals surface area contributed by atoms with E-state index in [-0.39, 0.29) is 6.04 Å². The molecular weight excluding hydrogens is 356 g/mol. The molecule has 1 saturated heterocycles. The van der Waals surface area contributed by atoms with E-state index < -0.39 is 6.10 Å². The molecule has 0 bridgehead atoms. The van der Waals surface area contributed by atoms with Crippen LogP contribution in [0.3, 0.4) is 0 Å². The predicted octanol–water partition coefficient (Wildman–Crippen LogP) is 2.25. The van der Waals surface area contributed by atoms with E-state index in [1.54, 1.807) is 7.11 Å². The maximum absolute atomic E-state index is 10.9. The second-order valence-corrected chi connectivity index (χ2v) is 7.61. The standard InChI is InChI=1S/C22H26N2O4/c1-26-16-6-5-15-13-19(21(25)17(15)14-16)24-9-7-23(8-10-24)18-3-2-4-20-22(18)28-12-11-27-20/h2-6,14,19,21,25H,7-13H2,1H3/t19-,21-/m1/s1. The number of piperazine rings is 1. The lowest BCUT2D eigenvalue weighted by Gasteiger charge is -2.40. The molecule has 148 valence electrons. The molecule has 2 aromatic rings. The molecule has 1 aliphatic carbocycles. The number of nitrogens with zero attached hydrogens (tertiary/aromatic N) is 2. The first-order chi connectivity index (χ1) is 13.7. The molecule has 5 rings (SSSR count). The molecule has 6 nitrogen and oxygen atoms in total. The van der Waals surface area contributed by atoms with Crippen LogP contribution in [0.1, 0.15) is 17.2 Å². The summed E-state index contributed by atoms with van der Waals surface area (Å²) in [5.41, 5.74) is 3.34. The summed E-state index contributed by atoms with van der Waals surface area (Å²) in [7, 11) is 1.66. The third-order valence-corrected chi connectivity index (χ3v) is 6.13. The first-order valence-electron chi connectivity index (χ1n) is 9.97. The van der Waals surface area contributed by atoms with E-state index in [1.807, 2.05) is 24.3 Å². The first-order valence-corrected chi connectivity index (χ1v) is 9.97. The van der Waals surface area contributed by atoms with Gasteiger partial charge in [0.15, 0.2) is 11.5 Å². The highest BCUT2D eigenvalue weighted by molar-refractivity contribution is 5.65. The summed E-state index contributed by atoms with van der Waals surface area (Å²) < 4.78 is 16.9. The van der Waals surface area contributed by atoms with Crippen LogP contribution in [0.15, 0.2) is 36.4 Å². The third-order valence-electron chi connectivity index (χ3n) is 6.13. The van der Waals surface area contributed by atoms with Crippen molar-refractivity contribution in [3.05, 3.63) is 47.5 Å². The van der Waals surface area contributed by atoms with Crippen molar-refractivity contribution in [1.82, 2.24) is 4.90 Å². The van der Waals surface area contributed by atoms with Gasteiger partial charge in [-0.25, -0.2) is 0 Å². The molecule has 2 atom stereocenters. The maximum atomic E-state index is 10.9. The van der Waals surface area contributed by atoms with E-state index >= 15 is 0 Å². The van der Waals surface area contributed by atoms with Gasteiger partial charge < -0.3 is 24.2 Å². The summed E-state index contributed by atoms with van der Waals surface area (Å²) in [5.74, 6) is 2.50. The number of fused-ring (bicyclic) bond motifs is 2. The highest BCUT2D eigenvalue weighted by Crippen LogP contribution is 2.41.